The van der Waals surface area contributed by atoms with Gasteiger partial charge in [-0.15, -0.1) is 0 Å². The molecule has 0 saturated carbocycles. The van der Waals surface area contributed by atoms with Gasteiger partial charge in [0.15, 0.2) is 0 Å². The van der Waals surface area contributed by atoms with Crippen molar-refractivity contribution in [2.24, 2.45) is 5.10 Å². The zero-order valence-electron chi connectivity index (χ0n) is 12.9. The van der Waals surface area contributed by atoms with Crippen molar-refractivity contribution in [3.63, 3.8) is 0 Å². The van der Waals surface area contributed by atoms with E-state index in [0.29, 0.717) is 5.52 Å². The van der Waals surface area contributed by atoms with E-state index in [9.17, 15) is 13.2 Å². The van der Waals surface area contributed by atoms with E-state index in [-0.39, 0.29) is 16.0 Å². The minimum absolute atomic E-state index is 0.109. The van der Waals surface area contributed by atoms with Crippen molar-refractivity contribution in [3.8, 4) is 0 Å². The molecule has 0 saturated heterocycles. The summed E-state index contributed by atoms with van der Waals surface area (Å²) in [6.45, 7) is 1.87. The minimum Gasteiger partial charge on any atom is -0.321 e. The van der Waals surface area contributed by atoms with Crippen LogP contribution in [0.1, 0.15) is 11.1 Å². The average molecular weight is 341 g/mol. The molecule has 0 spiro atoms. The molecule has 1 heterocycles. The lowest BCUT2D eigenvalue weighted by Crippen LogP contribution is -2.19. The highest BCUT2D eigenvalue weighted by molar-refractivity contribution is 7.89. The van der Waals surface area contributed by atoms with Crippen LogP contribution >= 0.6 is 0 Å². The van der Waals surface area contributed by atoms with Crippen LogP contribution in [0.4, 0.5) is 0 Å². The number of aryl methyl sites for hydroxylation is 1. The fourth-order valence-corrected chi connectivity index (χ4v) is 2.99. The number of fused-ring (bicyclic) bond motifs is 1. The lowest BCUT2D eigenvalue weighted by molar-refractivity contribution is 0.584. The first-order chi connectivity index (χ1) is 11.5. The molecule has 0 fully saturated rings. The number of hydrogen-bond donors (Lipinski definition) is 2. The van der Waals surface area contributed by atoms with Gasteiger partial charge >= 0.3 is 0 Å². The number of nitrogens with one attached hydrogen (secondary N) is 2. The number of benzene rings is 2. The molecule has 0 aliphatic rings. The van der Waals surface area contributed by atoms with Crippen LogP contribution in [0.5, 0.6) is 0 Å². The van der Waals surface area contributed by atoms with Gasteiger partial charge in [0.05, 0.1) is 16.7 Å². The highest BCUT2D eigenvalue weighted by Gasteiger charge is 2.11. The van der Waals surface area contributed by atoms with Gasteiger partial charge in [-0.3, -0.25) is 4.79 Å². The third-order valence-corrected chi connectivity index (χ3v) is 4.73. The summed E-state index contributed by atoms with van der Waals surface area (Å²) in [6, 6.07) is 15.3. The second kappa shape index (κ2) is 6.29. The van der Waals surface area contributed by atoms with Crippen LogP contribution < -0.4 is 10.4 Å². The van der Waals surface area contributed by atoms with Crippen LogP contribution in [0.2, 0.25) is 0 Å². The van der Waals surface area contributed by atoms with Crippen LogP contribution in [0.15, 0.2) is 69.4 Å². The predicted octanol–water partition coefficient (Wildman–Crippen LogP) is 2.15. The Morgan fingerprint density at radius 1 is 1.08 bits per heavy atom. The molecule has 0 atom stereocenters. The molecule has 0 amide bonds. The summed E-state index contributed by atoms with van der Waals surface area (Å²) in [7, 11) is -3.76. The first-order valence-electron chi connectivity index (χ1n) is 7.19. The lowest BCUT2D eigenvalue weighted by Gasteiger charge is -2.03. The quantitative estimate of drug-likeness (QED) is 0.563. The van der Waals surface area contributed by atoms with Gasteiger partial charge in [0.25, 0.3) is 15.6 Å². The number of pyridine rings is 1. The van der Waals surface area contributed by atoms with Gasteiger partial charge in [0.2, 0.25) is 0 Å². The van der Waals surface area contributed by atoms with Crippen LogP contribution in [0.25, 0.3) is 10.9 Å². The topological polar surface area (TPSA) is 91.4 Å². The third kappa shape index (κ3) is 3.36. The standard InChI is InChI=1S/C17H15N3O3S/c1-12-6-8-15(9-7-12)24(22,23)20-18-11-14-10-13-4-2-3-5-16(13)19-17(14)21/h2-11,20H,1H3,(H,19,21)/b18-11+. The Balaban J connectivity index is 1.85. The van der Waals surface area contributed by atoms with E-state index in [0.717, 1.165) is 10.9 Å². The van der Waals surface area contributed by atoms with Gasteiger partial charge in [0, 0.05) is 5.52 Å². The van der Waals surface area contributed by atoms with Crippen LogP contribution in [0, 0.1) is 6.92 Å². The number of rotatable bonds is 4. The lowest BCUT2D eigenvalue weighted by atomic mass is 10.2. The third-order valence-electron chi connectivity index (χ3n) is 3.49. The smallest absolute Gasteiger partial charge is 0.276 e. The van der Waals surface area contributed by atoms with E-state index in [1.807, 2.05) is 25.1 Å². The Morgan fingerprint density at radius 3 is 2.54 bits per heavy atom. The van der Waals surface area contributed by atoms with Gasteiger partial charge in [0.1, 0.15) is 0 Å². The molecule has 0 aliphatic carbocycles. The maximum Gasteiger partial charge on any atom is 0.276 e. The predicted molar refractivity (Wildman–Crippen MR) is 93.7 cm³/mol. The highest BCUT2D eigenvalue weighted by atomic mass is 32.2. The SMILES string of the molecule is Cc1ccc(S(=O)(=O)N/N=C/c2cc3ccccc3[nH]c2=O)cc1. The maximum absolute atomic E-state index is 12.1. The summed E-state index contributed by atoms with van der Waals surface area (Å²) in [4.78, 5) is 16.9. The summed E-state index contributed by atoms with van der Waals surface area (Å²) in [6.07, 6.45) is 1.19. The van der Waals surface area contributed by atoms with E-state index in [1.165, 1.54) is 18.3 Å². The monoisotopic (exact) mass is 341 g/mol. The van der Waals surface area contributed by atoms with Gasteiger partial charge in [-0.2, -0.15) is 13.5 Å². The van der Waals surface area contributed by atoms with Crippen molar-refractivity contribution < 1.29 is 8.42 Å². The van der Waals surface area contributed by atoms with Gasteiger partial charge in [-0.05, 0) is 36.6 Å². The van der Waals surface area contributed by atoms with Crippen molar-refractivity contribution in [1.29, 1.82) is 0 Å². The molecule has 1 aromatic heterocycles. The van der Waals surface area contributed by atoms with E-state index in [2.05, 4.69) is 14.9 Å². The van der Waals surface area contributed by atoms with Crippen LogP contribution in [-0.2, 0) is 10.0 Å². The summed E-state index contributed by atoms with van der Waals surface area (Å²) in [5.74, 6) is 0. The summed E-state index contributed by atoms with van der Waals surface area (Å²) < 4.78 is 24.2. The van der Waals surface area contributed by atoms with Crippen LogP contribution in [0.3, 0.4) is 0 Å². The van der Waals surface area contributed by atoms with E-state index >= 15 is 0 Å². The molecule has 0 unspecified atom stereocenters. The molecule has 3 aromatic rings. The molecule has 0 aliphatic heterocycles. The Labute approximate surface area is 138 Å². The average Bonchev–Trinajstić information content (AvgIpc) is 2.55. The number of aromatic nitrogens is 1. The Bertz CT molecular complexity index is 1070. The Morgan fingerprint density at radius 2 is 1.79 bits per heavy atom. The number of hydrogen-bond acceptors (Lipinski definition) is 4. The summed E-state index contributed by atoms with van der Waals surface area (Å²) in [5, 5.41) is 4.53. The minimum atomic E-state index is -3.76. The van der Waals surface area contributed by atoms with E-state index in [4.69, 9.17) is 0 Å². The summed E-state index contributed by atoms with van der Waals surface area (Å²) >= 11 is 0. The number of aromatic amines is 1. The fourth-order valence-electron chi connectivity index (χ4n) is 2.20. The van der Waals surface area contributed by atoms with Crippen LogP contribution in [-0.4, -0.2) is 19.6 Å². The Hall–Kier alpha value is -2.93. The first kappa shape index (κ1) is 15.9. The molecule has 122 valence electrons. The zero-order chi connectivity index (χ0) is 17.2. The van der Waals surface area contributed by atoms with Crippen molar-refractivity contribution in [1.82, 2.24) is 9.82 Å². The molecular weight excluding hydrogens is 326 g/mol. The molecule has 2 aromatic carbocycles. The molecule has 0 bridgehead atoms. The first-order valence-corrected chi connectivity index (χ1v) is 8.68. The second-order valence-electron chi connectivity index (χ2n) is 5.31. The molecule has 24 heavy (non-hydrogen) atoms. The van der Waals surface area contributed by atoms with Gasteiger partial charge < -0.3 is 4.98 Å². The molecule has 3 rings (SSSR count). The van der Waals surface area contributed by atoms with Gasteiger partial charge in [-0.25, -0.2) is 4.83 Å². The van der Waals surface area contributed by atoms with Crippen molar-refractivity contribution in [3.05, 3.63) is 76.1 Å². The summed E-state index contributed by atoms with van der Waals surface area (Å²) in [5.41, 5.74) is 1.59. The molecule has 6 nitrogen and oxygen atoms in total. The Kier molecular flexibility index (Phi) is 4.18. The number of para-hydroxylation sites is 1. The molecule has 7 heteroatoms. The van der Waals surface area contributed by atoms with Crippen molar-refractivity contribution >= 4 is 27.1 Å². The zero-order valence-corrected chi connectivity index (χ0v) is 13.7. The normalized spacial score (nSPS) is 11.9. The number of hydrazone groups is 1. The van der Waals surface area contributed by atoms with Crippen molar-refractivity contribution in [2.45, 2.75) is 11.8 Å². The van der Waals surface area contributed by atoms with E-state index in [1.54, 1.807) is 24.3 Å². The number of H-pyrrole nitrogens is 1. The molecule has 2 N–H and O–H groups in total. The largest absolute Gasteiger partial charge is 0.321 e. The van der Waals surface area contributed by atoms with Crippen molar-refractivity contribution in [2.75, 3.05) is 0 Å². The highest BCUT2D eigenvalue weighted by Crippen LogP contribution is 2.10. The van der Waals surface area contributed by atoms with E-state index < -0.39 is 10.0 Å². The van der Waals surface area contributed by atoms with Gasteiger partial charge in [-0.1, -0.05) is 35.9 Å². The number of nitrogens with zero attached hydrogens (tertiary/aromatic N) is 1. The molecular formula is C17H15N3O3S. The maximum atomic E-state index is 12.1. The number of sulfonamides is 1. The second-order valence-corrected chi connectivity index (χ2v) is 6.97. The fraction of sp³-hybridized carbons (Fsp3) is 0.0588. The molecule has 0 radical (unpaired) electrons.